The van der Waals surface area contributed by atoms with Gasteiger partial charge in [-0.1, -0.05) is 35.9 Å². The second-order valence-electron chi connectivity index (χ2n) is 8.54. The Kier molecular flexibility index (Phi) is 3.13. The molecule has 0 N–H and O–H groups in total. The third-order valence-electron chi connectivity index (χ3n) is 7.55. The zero-order chi connectivity index (χ0) is 19.2. The van der Waals surface area contributed by atoms with Gasteiger partial charge in [-0.2, -0.15) is 0 Å². The lowest BCUT2D eigenvalue weighted by Crippen LogP contribution is -2.53. The van der Waals surface area contributed by atoms with E-state index >= 15 is 0 Å². The highest BCUT2D eigenvalue weighted by atomic mass is 16.6. The Labute approximate surface area is 160 Å². The van der Waals surface area contributed by atoms with Crippen LogP contribution in [-0.4, -0.2) is 23.9 Å². The highest BCUT2D eigenvalue weighted by Gasteiger charge is 2.67. The number of hydrogen-bond acceptors (Lipinski definition) is 6. The fourth-order valence-corrected chi connectivity index (χ4v) is 6.65. The number of rotatable bonds is 1. The van der Waals surface area contributed by atoms with Crippen molar-refractivity contribution in [1.29, 1.82) is 0 Å². The average Bonchev–Trinajstić information content (AvgIpc) is 3.18. The Bertz CT molecular complexity index is 976. The molecule has 7 atom stereocenters. The summed E-state index contributed by atoms with van der Waals surface area (Å²) in [7, 11) is 0. The first-order chi connectivity index (χ1) is 13.6. The molecule has 1 aromatic carbocycles. The molecule has 2 aliphatic heterocycles. The number of allylic oxidation sites excluding steroid dienone is 2. The molecule has 6 heteroatoms. The molecular formula is C22H18O6. The lowest BCUT2D eigenvalue weighted by molar-refractivity contribution is -0.156. The van der Waals surface area contributed by atoms with Crippen molar-refractivity contribution in [3.05, 3.63) is 41.5 Å². The second-order valence-corrected chi connectivity index (χ2v) is 8.54. The van der Waals surface area contributed by atoms with E-state index in [2.05, 4.69) is 0 Å². The molecule has 0 aromatic heterocycles. The monoisotopic (exact) mass is 378 g/mol. The van der Waals surface area contributed by atoms with E-state index in [0.717, 1.165) is 29.6 Å². The number of carbonyl (C=O) groups is 4. The number of cyclic esters (lactones) is 4. The van der Waals surface area contributed by atoms with Crippen LogP contribution in [0.3, 0.4) is 0 Å². The van der Waals surface area contributed by atoms with Crippen LogP contribution in [-0.2, 0) is 28.7 Å². The van der Waals surface area contributed by atoms with Crippen molar-refractivity contribution in [2.45, 2.75) is 19.3 Å². The van der Waals surface area contributed by atoms with Gasteiger partial charge >= 0.3 is 23.9 Å². The molecule has 5 fully saturated rings. The van der Waals surface area contributed by atoms with Gasteiger partial charge in [0.05, 0.1) is 23.7 Å². The Morgan fingerprint density at radius 2 is 1.32 bits per heavy atom. The average molecular weight is 378 g/mol. The summed E-state index contributed by atoms with van der Waals surface area (Å²) in [6.07, 6.45) is 2.00. The zero-order valence-corrected chi connectivity index (χ0v) is 15.0. The molecule has 2 heterocycles. The topological polar surface area (TPSA) is 86.7 Å². The van der Waals surface area contributed by atoms with Gasteiger partial charge < -0.3 is 9.47 Å². The number of hydrogen-bond donors (Lipinski definition) is 0. The Balaban J connectivity index is 1.59. The smallest absolute Gasteiger partial charge is 0.318 e. The zero-order valence-electron chi connectivity index (χ0n) is 15.0. The SMILES string of the molecule is O=C1OC(=O)C2C1CC(c1ccccc1)=C1C3CCC(C4C(=O)OC(=O)C34)C12. The van der Waals surface area contributed by atoms with Crippen LogP contribution < -0.4 is 0 Å². The van der Waals surface area contributed by atoms with Gasteiger partial charge in [0.25, 0.3) is 0 Å². The molecule has 0 radical (unpaired) electrons. The van der Waals surface area contributed by atoms with Crippen LogP contribution in [0.1, 0.15) is 24.8 Å². The highest BCUT2D eigenvalue weighted by Crippen LogP contribution is 2.64. The third-order valence-corrected chi connectivity index (χ3v) is 7.55. The van der Waals surface area contributed by atoms with Crippen molar-refractivity contribution < 1.29 is 28.7 Å². The van der Waals surface area contributed by atoms with Crippen molar-refractivity contribution in [2.75, 3.05) is 0 Å². The van der Waals surface area contributed by atoms with Gasteiger partial charge in [-0.3, -0.25) is 19.2 Å². The predicted molar refractivity (Wildman–Crippen MR) is 93.8 cm³/mol. The number of benzene rings is 1. The Morgan fingerprint density at radius 1 is 0.679 bits per heavy atom. The molecular weight excluding hydrogens is 360 g/mol. The summed E-state index contributed by atoms with van der Waals surface area (Å²) in [5, 5.41) is 0. The Morgan fingerprint density at radius 3 is 2.07 bits per heavy atom. The second kappa shape index (κ2) is 5.40. The van der Waals surface area contributed by atoms with E-state index in [1.165, 1.54) is 0 Å². The van der Waals surface area contributed by atoms with Gasteiger partial charge in [0, 0.05) is 0 Å². The van der Waals surface area contributed by atoms with Crippen LogP contribution in [0.2, 0.25) is 0 Å². The van der Waals surface area contributed by atoms with Crippen molar-refractivity contribution in [2.24, 2.45) is 41.4 Å². The molecule has 3 saturated carbocycles. The first-order valence-electron chi connectivity index (χ1n) is 9.85. The fourth-order valence-electron chi connectivity index (χ4n) is 6.65. The van der Waals surface area contributed by atoms with Crippen molar-refractivity contribution in [3.63, 3.8) is 0 Å². The van der Waals surface area contributed by atoms with E-state index in [1.54, 1.807) is 0 Å². The quantitative estimate of drug-likeness (QED) is 0.550. The van der Waals surface area contributed by atoms with E-state index in [4.69, 9.17) is 9.47 Å². The van der Waals surface area contributed by atoms with Gasteiger partial charge in [-0.15, -0.1) is 0 Å². The molecule has 0 amide bonds. The Hall–Kier alpha value is -2.76. The lowest BCUT2D eigenvalue weighted by Gasteiger charge is -2.53. The maximum absolute atomic E-state index is 12.6. The molecule has 28 heavy (non-hydrogen) atoms. The highest BCUT2D eigenvalue weighted by molar-refractivity contribution is 6.01. The summed E-state index contributed by atoms with van der Waals surface area (Å²) < 4.78 is 10.0. The molecule has 4 aliphatic carbocycles. The molecule has 1 aromatic rings. The summed E-state index contributed by atoms with van der Waals surface area (Å²) in [6, 6.07) is 9.82. The molecule has 142 valence electrons. The van der Waals surface area contributed by atoms with Crippen LogP contribution in [0.4, 0.5) is 0 Å². The molecule has 2 bridgehead atoms. The van der Waals surface area contributed by atoms with E-state index in [0.29, 0.717) is 6.42 Å². The van der Waals surface area contributed by atoms with Gasteiger partial charge in [-0.05, 0) is 48.2 Å². The number of ether oxygens (including phenoxy) is 2. The van der Waals surface area contributed by atoms with Crippen LogP contribution in [0, 0.1) is 41.4 Å². The maximum atomic E-state index is 12.6. The van der Waals surface area contributed by atoms with Crippen molar-refractivity contribution in [1.82, 2.24) is 0 Å². The first kappa shape index (κ1) is 16.2. The van der Waals surface area contributed by atoms with E-state index < -0.39 is 47.5 Å². The van der Waals surface area contributed by atoms with Crippen LogP contribution >= 0.6 is 0 Å². The van der Waals surface area contributed by atoms with E-state index in [1.807, 2.05) is 30.3 Å². The van der Waals surface area contributed by atoms with Crippen molar-refractivity contribution >= 4 is 29.5 Å². The lowest BCUT2D eigenvalue weighted by atomic mass is 9.47. The van der Waals surface area contributed by atoms with Gasteiger partial charge in [0.2, 0.25) is 0 Å². The first-order valence-corrected chi connectivity index (χ1v) is 9.85. The molecule has 0 spiro atoms. The maximum Gasteiger partial charge on any atom is 0.318 e. The molecule has 6 aliphatic rings. The number of carbonyl (C=O) groups excluding carboxylic acids is 4. The largest absolute Gasteiger partial charge is 0.393 e. The molecule has 6 nitrogen and oxygen atoms in total. The minimum absolute atomic E-state index is 0.112. The van der Waals surface area contributed by atoms with E-state index in [9.17, 15) is 19.2 Å². The minimum Gasteiger partial charge on any atom is -0.393 e. The van der Waals surface area contributed by atoms with Crippen LogP contribution in [0.5, 0.6) is 0 Å². The van der Waals surface area contributed by atoms with Crippen molar-refractivity contribution in [3.8, 4) is 0 Å². The molecule has 7 rings (SSSR count). The standard InChI is InChI=1S/C22H18O6/c23-19-13-8-12(9-4-2-1-3-5-9)14-10-6-7-11(15(14)18(13)22(26)27-19)17-16(10)20(24)28-21(17)25/h1-5,10-11,13,15-18H,6-8H2. The van der Waals surface area contributed by atoms with Gasteiger partial charge in [0.1, 0.15) is 0 Å². The van der Waals surface area contributed by atoms with Crippen LogP contribution in [0.25, 0.3) is 5.57 Å². The van der Waals surface area contributed by atoms with Gasteiger partial charge in [0.15, 0.2) is 0 Å². The molecule has 7 unspecified atom stereocenters. The van der Waals surface area contributed by atoms with Gasteiger partial charge in [-0.25, -0.2) is 0 Å². The number of esters is 4. The summed E-state index contributed by atoms with van der Waals surface area (Å²) in [4.78, 5) is 49.9. The summed E-state index contributed by atoms with van der Waals surface area (Å²) in [5.74, 6) is -4.37. The fraction of sp³-hybridized carbons (Fsp3) is 0.455. The normalized spacial score (nSPS) is 40.8. The molecule has 2 saturated heterocycles. The summed E-state index contributed by atoms with van der Waals surface area (Å²) in [6.45, 7) is 0. The van der Waals surface area contributed by atoms with E-state index in [-0.39, 0.29) is 17.8 Å². The minimum atomic E-state index is -0.549. The third kappa shape index (κ3) is 1.88. The summed E-state index contributed by atoms with van der Waals surface area (Å²) >= 11 is 0. The predicted octanol–water partition coefficient (Wildman–Crippen LogP) is 2.13. The summed E-state index contributed by atoms with van der Waals surface area (Å²) in [5.41, 5.74) is 3.14. The number of fused-ring (bicyclic) bond motifs is 2. The van der Waals surface area contributed by atoms with Crippen LogP contribution in [0.15, 0.2) is 35.9 Å².